The highest BCUT2D eigenvalue weighted by Crippen LogP contribution is 2.22. The van der Waals surface area contributed by atoms with Crippen LogP contribution in [0.3, 0.4) is 0 Å². The van der Waals surface area contributed by atoms with Gasteiger partial charge in [0.1, 0.15) is 10.7 Å². The van der Waals surface area contributed by atoms with Crippen LogP contribution in [0, 0.1) is 0 Å². The van der Waals surface area contributed by atoms with E-state index in [0.29, 0.717) is 23.7 Å². The van der Waals surface area contributed by atoms with Crippen LogP contribution in [-0.2, 0) is 6.54 Å². The minimum Gasteiger partial charge on any atom is -0.377 e. The van der Waals surface area contributed by atoms with E-state index in [1.54, 1.807) is 7.05 Å². The summed E-state index contributed by atoms with van der Waals surface area (Å²) in [6.07, 6.45) is -3.51. The Morgan fingerprint density at radius 2 is 2.12 bits per heavy atom. The van der Waals surface area contributed by atoms with Crippen molar-refractivity contribution >= 4 is 16.5 Å². The summed E-state index contributed by atoms with van der Waals surface area (Å²) in [5, 5.41) is 7.42. The number of rotatable bonds is 6. The van der Waals surface area contributed by atoms with Crippen molar-refractivity contribution in [2.24, 2.45) is 0 Å². The van der Waals surface area contributed by atoms with Gasteiger partial charge in [-0.15, -0.1) is 5.10 Å². The third-order valence-electron chi connectivity index (χ3n) is 2.10. The van der Waals surface area contributed by atoms with E-state index in [0.717, 1.165) is 11.5 Å². The molecule has 0 saturated heterocycles. The summed E-state index contributed by atoms with van der Waals surface area (Å²) in [5.74, 6) is 0. The smallest absolute Gasteiger partial charge is 0.377 e. The molecule has 1 aromatic heterocycles. The van der Waals surface area contributed by atoms with Crippen LogP contribution in [0.4, 0.5) is 18.2 Å². The first kappa shape index (κ1) is 14.2. The number of alkyl halides is 3. The Kier molecular flexibility index (Phi) is 5.13. The van der Waals surface area contributed by atoms with E-state index >= 15 is 0 Å². The van der Waals surface area contributed by atoms with Crippen molar-refractivity contribution < 1.29 is 13.2 Å². The van der Waals surface area contributed by atoms with Crippen LogP contribution in [0.2, 0.25) is 0 Å². The van der Waals surface area contributed by atoms with Crippen LogP contribution in [-0.4, -0.2) is 40.8 Å². The number of anilines is 1. The van der Waals surface area contributed by atoms with Crippen LogP contribution in [0.15, 0.2) is 0 Å². The minimum atomic E-state index is -4.18. The fraction of sp³-hybridized carbons (Fsp3) is 0.778. The summed E-state index contributed by atoms with van der Waals surface area (Å²) in [6.45, 7) is 1.49. The van der Waals surface area contributed by atoms with E-state index in [4.69, 9.17) is 0 Å². The molecule has 0 spiro atoms. The molecule has 0 aliphatic heterocycles. The number of nitrogens with zero attached hydrogens (tertiary/aromatic N) is 3. The molecule has 0 atom stereocenters. The summed E-state index contributed by atoms with van der Waals surface area (Å²) in [6, 6.07) is 0. The second kappa shape index (κ2) is 6.15. The van der Waals surface area contributed by atoms with E-state index in [-0.39, 0.29) is 6.54 Å². The van der Waals surface area contributed by atoms with Gasteiger partial charge in [0.15, 0.2) is 0 Å². The van der Waals surface area contributed by atoms with Gasteiger partial charge >= 0.3 is 6.18 Å². The fourth-order valence-electron chi connectivity index (χ4n) is 1.50. The number of aromatic nitrogens is 2. The quantitative estimate of drug-likeness (QED) is 0.860. The second-order valence-corrected chi connectivity index (χ2v) is 4.38. The lowest BCUT2D eigenvalue weighted by atomic mass is 10.3. The predicted octanol–water partition coefficient (Wildman–Crippen LogP) is 2.35. The fourth-order valence-corrected chi connectivity index (χ4v) is 2.02. The van der Waals surface area contributed by atoms with Gasteiger partial charge in [-0.2, -0.15) is 13.2 Å². The van der Waals surface area contributed by atoms with Crippen molar-refractivity contribution in [3.8, 4) is 0 Å². The molecule has 0 unspecified atom stereocenters. The standard InChI is InChI=1S/C9H15F3N4S/c1-3-4-16(6-9(10,11)12)5-7-8(13-2)17-15-14-7/h13H,3-6H2,1-2H3. The van der Waals surface area contributed by atoms with Gasteiger partial charge in [0, 0.05) is 25.1 Å². The average Bonchev–Trinajstić information content (AvgIpc) is 2.63. The molecular formula is C9H15F3N4S. The van der Waals surface area contributed by atoms with Crippen LogP contribution in [0.5, 0.6) is 0 Å². The van der Waals surface area contributed by atoms with E-state index in [1.165, 1.54) is 4.90 Å². The van der Waals surface area contributed by atoms with Crippen molar-refractivity contribution in [3.63, 3.8) is 0 Å². The van der Waals surface area contributed by atoms with Crippen molar-refractivity contribution in [1.29, 1.82) is 0 Å². The molecule has 0 amide bonds. The van der Waals surface area contributed by atoms with Gasteiger partial charge in [0.05, 0.1) is 6.54 Å². The summed E-state index contributed by atoms with van der Waals surface area (Å²) >= 11 is 1.15. The molecule has 0 bridgehead atoms. The summed E-state index contributed by atoms with van der Waals surface area (Å²) in [5.41, 5.74) is 0.565. The zero-order chi connectivity index (χ0) is 12.9. The van der Waals surface area contributed by atoms with Gasteiger partial charge < -0.3 is 5.32 Å². The highest BCUT2D eigenvalue weighted by Gasteiger charge is 2.30. The Hall–Kier alpha value is -0.890. The third kappa shape index (κ3) is 4.86. The Bertz CT molecular complexity index is 339. The maximum atomic E-state index is 12.3. The van der Waals surface area contributed by atoms with Gasteiger partial charge in [-0.1, -0.05) is 11.4 Å². The molecule has 0 saturated carbocycles. The Morgan fingerprint density at radius 1 is 1.41 bits per heavy atom. The molecule has 0 aliphatic carbocycles. The minimum absolute atomic E-state index is 0.167. The highest BCUT2D eigenvalue weighted by molar-refractivity contribution is 7.10. The second-order valence-electron chi connectivity index (χ2n) is 3.62. The maximum absolute atomic E-state index is 12.3. The lowest BCUT2D eigenvalue weighted by Crippen LogP contribution is -2.34. The topological polar surface area (TPSA) is 41.1 Å². The Balaban J connectivity index is 2.66. The van der Waals surface area contributed by atoms with Crippen LogP contribution in [0.1, 0.15) is 19.0 Å². The summed E-state index contributed by atoms with van der Waals surface area (Å²) < 4.78 is 40.8. The molecule has 1 N–H and O–H groups in total. The van der Waals surface area contributed by atoms with Crippen LogP contribution < -0.4 is 5.32 Å². The molecule has 4 nitrogen and oxygen atoms in total. The zero-order valence-corrected chi connectivity index (χ0v) is 10.5. The lowest BCUT2D eigenvalue weighted by Gasteiger charge is -2.22. The normalized spacial score (nSPS) is 12.1. The van der Waals surface area contributed by atoms with E-state index in [9.17, 15) is 13.2 Å². The summed E-state index contributed by atoms with van der Waals surface area (Å²) in [4.78, 5) is 1.33. The molecule has 98 valence electrons. The van der Waals surface area contributed by atoms with Gasteiger partial charge in [-0.05, 0) is 13.0 Å². The molecule has 0 aromatic carbocycles. The lowest BCUT2D eigenvalue weighted by molar-refractivity contribution is -0.147. The molecule has 0 aliphatic rings. The first-order chi connectivity index (χ1) is 7.96. The highest BCUT2D eigenvalue weighted by atomic mass is 32.1. The van der Waals surface area contributed by atoms with Crippen LogP contribution in [0.25, 0.3) is 0 Å². The Morgan fingerprint density at radius 3 is 2.65 bits per heavy atom. The average molecular weight is 268 g/mol. The molecule has 1 rings (SSSR count). The number of hydrogen-bond donors (Lipinski definition) is 1. The van der Waals surface area contributed by atoms with Crippen molar-refractivity contribution in [2.45, 2.75) is 26.1 Å². The molecular weight excluding hydrogens is 253 g/mol. The third-order valence-corrected chi connectivity index (χ3v) is 2.88. The number of halogens is 3. The predicted molar refractivity (Wildman–Crippen MR) is 61.1 cm³/mol. The largest absolute Gasteiger partial charge is 0.401 e. The molecule has 1 aromatic rings. The first-order valence-corrected chi connectivity index (χ1v) is 6.01. The van der Waals surface area contributed by atoms with Crippen molar-refractivity contribution in [3.05, 3.63) is 5.69 Å². The molecule has 0 fully saturated rings. The number of nitrogens with one attached hydrogen (secondary N) is 1. The number of hydrogen-bond acceptors (Lipinski definition) is 5. The maximum Gasteiger partial charge on any atom is 0.401 e. The molecule has 1 heterocycles. The van der Waals surface area contributed by atoms with Crippen LogP contribution >= 0.6 is 11.5 Å². The van der Waals surface area contributed by atoms with Crippen molar-refractivity contribution in [1.82, 2.24) is 14.5 Å². The van der Waals surface area contributed by atoms with Gasteiger partial charge in [-0.3, -0.25) is 4.90 Å². The molecule has 17 heavy (non-hydrogen) atoms. The van der Waals surface area contributed by atoms with Gasteiger partial charge in [0.2, 0.25) is 0 Å². The van der Waals surface area contributed by atoms with Crippen molar-refractivity contribution in [2.75, 3.05) is 25.5 Å². The first-order valence-electron chi connectivity index (χ1n) is 5.24. The summed E-state index contributed by atoms with van der Waals surface area (Å²) in [7, 11) is 1.70. The van der Waals surface area contributed by atoms with Gasteiger partial charge in [0.25, 0.3) is 0 Å². The van der Waals surface area contributed by atoms with E-state index < -0.39 is 12.7 Å². The van der Waals surface area contributed by atoms with Gasteiger partial charge in [-0.25, -0.2) is 0 Å². The molecule has 0 radical (unpaired) electrons. The molecule has 8 heteroatoms. The monoisotopic (exact) mass is 268 g/mol. The zero-order valence-electron chi connectivity index (χ0n) is 9.71. The Labute approximate surface area is 102 Å². The van der Waals surface area contributed by atoms with E-state index in [1.807, 2.05) is 6.92 Å². The SMILES string of the molecule is CCCN(Cc1nnsc1NC)CC(F)(F)F. The van der Waals surface area contributed by atoms with E-state index in [2.05, 4.69) is 14.9 Å².